The number of carbonyl (C=O) groups is 4. The van der Waals surface area contributed by atoms with Crippen LogP contribution in [0.4, 0.5) is 10.1 Å². The molecule has 1 aromatic carbocycles. The molecule has 0 aliphatic carbocycles. The molecule has 0 bridgehead atoms. The van der Waals surface area contributed by atoms with Crippen molar-refractivity contribution in [2.24, 2.45) is 23.0 Å². The highest BCUT2D eigenvalue weighted by Crippen LogP contribution is 2.32. The molecule has 1 saturated heterocycles. The van der Waals surface area contributed by atoms with Gasteiger partial charge in [0.05, 0.1) is 23.7 Å². The number of amides is 3. The number of piperidine rings is 1. The fourth-order valence-corrected chi connectivity index (χ4v) is 8.99. The van der Waals surface area contributed by atoms with E-state index < -0.39 is 41.2 Å². The van der Waals surface area contributed by atoms with Gasteiger partial charge in [-0.15, -0.1) is 11.3 Å². The molecule has 0 radical (unpaired) electrons. The van der Waals surface area contributed by atoms with Gasteiger partial charge in [0, 0.05) is 49.6 Å². The lowest BCUT2D eigenvalue weighted by molar-refractivity contribution is -0.147. The average Bonchev–Trinajstić information content (AvgIpc) is 3.71. The number of aliphatic carboxylic acids is 1. The van der Waals surface area contributed by atoms with Crippen LogP contribution >= 0.6 is 11.3 Å². The van der Waals surface area contributed by atoms with Crippen molar-refractivity contribution in [1.29, 1.82) is 0 Å². The molecule has 1 unspecified atom stereocenters. The van der Waals surface area contributed by atoms with E-state index in [9.17, 15) is 28.7 Å². The summed E-state index contributed by atoms with van der Waals surface area (Å²) in [7, 11) is 2.18. The molecule has 1 aliphatic rings. The van der Waals surface area contributed by atoms with Crippen molar-refractivity contribution < 1.29 is 33.4 Å². The lowest BCUT2D eigenvalue weighted by atomic mass is 9.84. The Bertz CT molecular complexity index is 1690. The number of hydrogen-bond acceptors (Lipinski definition) is 10. The van der Waals surface area contributed by atoms with E-state index in [2.05, 4.69) is 67.4 Å². The van der Waals surface area contributed by atoms with Crippen LogP contribution in [-0.4, -0.2) is 108 Å². The molecule has 1 aromatic heterocycles. The molecule has 1 aliphatic heterocycles. The highest BCUT2D eigenvalue weighted by molar-refractivity contribution is 7.09. The number of nitrogens with one attached hydrogen (secondary N) is 3. The van der Waals surface area contributed by atoms with E-state index in [1.165, 1.54) is 36.3 Å². The molecular formula is C46H76FN7O6S. The number of unbranched alkanes of at least 4 members (excludes halogenated alkanes) is 3. The first-order valence-corrected chi connectivity index (χ1v) is 23.5. The molecule has 3 amide bonds. The van der Waals surface area contributed by atoms with E-state index in [4.69, 9.17) is 15.5 Å². The van der Waals surface area contributed by atoms with Crippen molar-refractivity contribution in [3.05, 3.63) is 45.7 Å². The number of benzene rings is 1. The number of thiazole rings is 1. The maximum atomic E-state index is 15.0. The summed E-state index contributed by atoms with van der Waals surface area (Å²) in [4.78, 5) is 62.0. The van der Waals surface area contributed by atoms with E-state index in [1.54, 1.807) is 25.3 Å². The predicted molar refractivity (Wildman–Crippen MR) is 242 cm³/mol. The van der Waals surface area contributed by atoms with Crippen molar-refractivity contribution in [3.63, 3.8) is 0 Å². The smallest absolute Gasteiger partial charge is 0.309 e. The van der Waals surface area contributed by atoms with E-state index in [0.29, 0.717) is 36.2 Å². The first kappa shape index (κ1) is 51.8. The van der Waals surface area contributed by atoms with Crippen LogP contribution in [0, 0.1) is 23.1 Å². The summed E-state index contributed by atoms with van der Waals surface area (Å²) in [5.41, 5.74) is 4.80. The minimum Gasteiger partial charge on any atom is -0.481 e. The number of aromatic nitrogens is 1. The van der Waals surface area contributed by atoms with Gasteiger partial charge in [-0.25, -0.2) is 9.37 Å². The highest BCUT2D eigenvalue weighted by atomic mass is 32.1. The number of nitrogens with two attached hydrogens (primary N) is 1. The summed E-state index contributed by atoms with van der Waals surface area (Å²) in [5, 5.41) is 21.4. The lowest BCUT2D eigenvalue weighted by Crippen LogP contribution is -2.56. The number of carboxylic acid groups (broad SMARTS) is 1. The van der Waals surface area contributed by atoms with Gasteiger partial charge in [0.2, 0.25) is 11.8 Å². The van der Waals surface area contributed by atoms with E-state index >= 15 is 0 Å². The van der Waals surface area contributed by atoms with Gasteiger partial charge in [-0.2, -0.15) is 0 Å². The van der Waals surface area contributed by atoms with Crippen LogP contribution in [0.1, 0.15) is 147 Å². The number of carbonyl (C=O) groups excluding carboxylic acids is 3. The van der Waals surface area contributed by atoms with Crippen LogP contribution in [0.15, 0.2) is 23.6 Å². The van der Waals surface area contributed by atoms with Gasteiger partial charge in [0.15, 0.2) is 0 Å². The van der Waals surface area contributed by atoms with Gasteiger partial charge < -0.3 is 41.3 Å². The predicted octanol–water partition coefficient (Wildman–Crippen LogP) is 7.41. The zero-order valence-electron chi connectivity index (χ0n) is 38.4. The van der Waals surface area contributed by atoms with E-state index in [0.717, 1.165) is 51.6 Å². The Hall–Kier alpha value is -3.50. The van der Waals surface area contributed by atoms with Crippen LogP contribution in [-0.2, 0) is 25.5 Å². The van der Waals surface area contributed by atoms with Crippen molar-refractivity contribution in [2.75, 3.05) is 45.2 Å². The number of hydrogen-bond donors (Lipinski definition) is 5. The molecule has 15 heteroatoms. The second-order valence-corrected chi connectivity index (χ2v) is 18.8. The second-order valence-electron chi connectivity index (χ2n) is 17.9. The van der Waals surface area contributed by atoms with Gasteiger partial charge in [-0.05, 0) is 96.0 Å². The minimum atomic E-state index is -1.21. The van der Waals surface area contributed by atoms with Crippen LogP contribution in [0.3, 0.4) is 0 Å². The number of halogens is 1. The third-order valence-corrected chi connectivity index (χ3v) is 13.1. The first-order chi connectivity index (χ1) is 29.0. The monoisotopic (exact) mass is 874 g/mol. The number of ether oxygens (including phenoxy) is 1. The molecule has 6 atom stereocenters. The van der Waals surface area contributed by atoms with Gasteiger partial charge >= 0.3 is 5.97 Å². The third kappa shape index (κ3) is 16.0. The van der Waals surface area contributed by atoms with Gasteiger partial charge in [-0.1, -0.05) is 72.8 Å². The Kier molecular flexibility index (Phi) is 21.7. The van der Waals surface area contributed by atoms with Crippen molar-refractivity contribution in [1.82, 2.24) is 25.4 Å². The van der Waals surface area contributed by atoms with E-state index in [-0.39, 0.29) is 60.6 Å². The van der Waals surface area contributed by atoms with Gasteiger partial charge in [0.25, 0.3) is 5.91 Å². The Labute approximate surface area is 368 Å². The standard InChI is InChI=1S/C46H76FN7O6S/c1-10-13-14-16-22-54(44(57)41(31(6)11-2)49-28-34-18-15-17-21-53(34)9)38(30(4)5)25-39(60-12-3)43-52-37(29-61-43)42(56)50-33(26-46(7,8)45(58)59)23-32-19-20-36(35(47)24-32)51-40(55)27-48/h19-20,24,29-31,33-34,38-39,41,49H,10-18,21-23,25-28,48H2,1-9H3,(H,50,56)(H,51,55)(H,58,59)/t31-,33-,34?,38+,39+,41-/m0/s1. The Morgan fingerprint density at radius 1 is 1.11 bits per heavy atom. The van der Waals surface area contributed by atoms with Crippen molar-refractivity contribution in [3.8, 4) is 0 Å². The normalized spacial score (nSPS) is 17.3. The lowest BCUT2D eigenvalue weighted by Gasteiger charge is -2.40. The summed E-state index contributed by atoms with van der Waals surface area (Å²) >= 11 is 1.32. The summed E-state index contributed by atoms with van der Waals surface area (Å²) in [6.45, 7) is 18.5. The largest absolute Gasteiger partial charge is 0.481 e. The molecule has 2 aromatic rings. The Morgan fingerprint density at radius 3 is 2.46 bits per heavy atom. The molecule has 6 N–H and O–H groups in total. The first-order valence-electron chi connectivity index (χ1n) is 22.6. The molecule has 0 saturated carbocycles. The maximum Gasteiger partial charge on any atom is 0.309 e. The molecule has 3 rings (SSSR count). The summed E-state index contributed by atoms with van der Waals surface area (Å²) < 4.78 is 21.4. The van der Waals surface area contributed by atoms with Crippen LogP contribution in [0.5, 0.6) is 0 Å². The van der Waals surface area contributed by atoms with Crippen LogP contribution in [0.25, 0.3) is 0 Å². The van der Waals surface area contributed by atoms with Gasteiger partial charge in [0.1, 0.15) is 22.6 Å². The fourth-order valence-electron chi connectivity index (χ4n) is 8.13. The topological polar surface area (TPSA) is 179 Å². The molecule has 0 spiro atoms. The zero-order valence-corrected chi connectivity index (χ0v) is 39.2. The number of likely N-dealkylation sites (N-methyl/N-ethyl adjacent to an activating group) is 1. The molecule has 13 nitrogen and oxygen atoms in total. The van der Waals surface area contributed by atoms with E-state index in [1.807, 2.05) is 6.92 Å². The summed E-state index contributed by atoms with van der Waals surface area (Å²) in [6.07, 6.45) is 8.76. The molecular weight excluding hydrogens is 798 g/mol. The number of likely N-dealkylation sites (tertiary alicyclic amines) is 1. The number of carboxylic acids is 1. The quantitative estimate of drug-likeness (QED) is 0.0568. The SMILES string of the molecule is CCCCCCN(C(=O)[C@@H](NCC1CCCCN1C)[C@@H](C)CC)[C@H](C[C@@H](OCC)c1nc(C(=O)N[C@@H](Cc2ccc(NC(=O)CN)c(F)c2)CC(C)(C)C(=O)O)cs1)C(C)C. The van der Waals surface area contributed by atoms with Crippen LogP contribution < -0.4 is 21.7 Å². The van der Waals surface area contributed by atoms with Crippen molar-refractivity contribution in [2.45, 2.75) is 156 Å². The average molecular weight is 874 g/mol. The number of rotatable bonds is 27. The number of nitrogens with zero attached hydrogens (tertiary/aromatic N) is 3. The third-order valence-electron chi connectivity index (χ3n) is 12.2. The minimum absolute atomic E-state index is 0.0251. The molecule has 61 heavy (non-hydrogen) atoms. The fraction of sp³-hybridized carbons (Fsp3) is 0.717. The zero-order chi connectivity index (χ0) is 45.3. The second kappa shape index (κ2) is 25.6. The molecule has 344 valence electrons. The highest BCUT2D eigenvalue weighted by Gasteiger charge is 2.37. The molecule has 1 fully saturated rings. The summed E-state index contributed by atoms with van der Waals surface area (Å²) in [6, 6.07) is 3.52. The Balaban J connectivity index is 1.89. The van der Waals surface area contributed by atoms with Crippen molar-refractivity contribution >= 4 is 40.7 Å². The Morgan fingerprint density at radius 2 is 1.85 bits per heavy atom. The molecule has 2 heterocycles. The summed E-state index contributed by atoms with van der Waals surface area (Å²) in [5.74, 6) is -2.36. The maximum absolute atomic E-state index is 15.0. The van der Waals surface area contributed by atoms with Crippen LogP contribution in [0.2, 0.25) is 0 Å². The number of anilines is 1. The van der Waals surface area contributed by atoms with Gasteiger partial charge in [-0.3, -0.25) is 19.2 Å².